The van der Waals surface area contributed by atoms with Gasteiger partial charge in [-0.05, 0) is 76.8 Å². The van der Waals surface area contributed by atoms with Crippen LogP contribution in [0.1, 0.15) is 54.0 Å². The lowest BCUT2D eigenvalue weighted by Gasteiger charge is -2.56. The molecule has 354 valence electrons. The van der Waals surface area contributed by atoms with Crippen LogP contribution in [0.5, 0.6) is 5.75 Å². The number of likely N-dealkylation sites (tertiary alicyclic amines) is 1. The molecule has 1 amide bonds. The predicted molar refractivity (Wildman–Crippen MR) is 278 cm³/mol. The van der Waals surface area contributed by atoms with Crippen molar-refractivity contribution in [2.24, 2.45) is 11.8 Å². The van der Waals surface area contributed by atoms with E-state index in [-0.39, 0.29) is 40.4 Å². The van der Waals surface area contributed by atoms with E-state index in [4.69, 9.17) is 18.3 Å². The second kappa shape index (κ2) is 21.2. The number of hydrogen-bond acceptors (Lipinski definition) is 11. The van der Waals surface area contributed by atoms with Gasteiger partial charge in [-0.3, -0.25) is 4.79 Å². The standard InChI is InChI=1S/C51H68N3O7PS2Si2/c1-36(61-66(11,12)51(5,6)7)44-45(42(33-60-65(9,10)50(2,3)4)43(55)34-63-49-53-52-35-64-49)54(46(44)56)47(48(57)59-32-37-28-30-38(58-8)31-29-37)62(39-22-16-13-17-23-39,40-24-18-14-19-25-40)41-26-20-15-21-27-41/h13-31,35-36,42-45,55H,32-34H2,1-12H3/t36-,42-,43-,44-,45-/m1/s1. The van der Waals surface area contributed by atoms with Crippen molar-refractivity contribution in [2.45, 2.75) is 114 Å². The van der Waals surface area contributed by atoms with Gasteiger partial charge in [0, 0.05) is 25.2 Å². The van der Waals surface area contributed by atoms with E-state index in [0.717, 1.165) is 25.8 Å². The molecule has 0 saturated carbocycles. The number of hydrogen-bond donors (Lipinski definition) is 1. The Balaban J connectivity index is 1.68. The average Bonchev–Trinajstić information content (AvgIpc) is 3.81. The van der Waals surface area contributed by atoms with E-state index in [1.165, 1.54) is 23.1 Å². The van der Waals surface area contributed by atoms with Crippen LogP contribution in [0, 0.1) is 11.8 Å². The van der Waals surface area contributed by atoms with Gasteiger partial charge in [-0.25, -0.2) is 4.79 Å². The molecule has 5 atom stereocenters. The van der Waals surface area contributed by atoms with Gasteiger partial charge in [0.25, 0.3) is 0 Å². The highest BCUT2D eigenvalue weighted by Crippen LogP contribution is 2.52. The van der Waals surface area contributed by atoms with E-state index in [1.807, 2.05) is 85.8 Å². The number of thioether (sulfide) groups is 1. The van der Waals surface area contributed by atoms with Gasteiger partial charge in [-0.2, -0.15) is 0 Å². The number of β-lactam (4-membered cyclic amide) rings is 1. The third-order valence-electron chi connectivity index (χ3n) is 13.8. The van der Waals surface area contributed by atoms with Crippen LogP contribution in [0.2, 0.25) is 36.3 Å². The molecule has 4 aromatic carbocycles. The summed E-state index contributed by atoms with van der Waals surface area (Å²) in [6, 6.07) is 36.7. The van der Waals surface area contributed by atoms with Gasteiger partial charge in [-0.15, -0.1) is 10.2 Å². The van der Waals surface area contributed by atoms with Crippen molar-refractivity contribution in [1.29, 1.82) is 0 Å². The molecule has 1 aromatic heterocycles. The third-order valence-corrected chi connectivity index (χ3v) is 29.1. The molecule has 0 bridgehead atoms. The van der Waals surface area contributed by atoms with Crippen molar-refractivity contribution >= 4 is 79.8 Å². The molecule has 0 radical (unpaired) electrons. The highest BCUT2D eigenvalue weighted by molar-refractivity contribution is 8.01. The molecular weight excluding hydrogens is 918 g/mol. The Bertz CT molecular complexity index is 2330. The first-order chi connectivity index (χ1) is 31.1. The van der Waals surface area contributed by atoms with Crippen LogP contribution in [0.3, 0.4) is 0 Å². The Labute approximate surface area is 403 Å². The fraction of sp³-hybridized carbons (Fsp3) is 0.431. The maximum Gasteiger partial charge on any atom is 0.356 e. The van der Waals surface area contributed by atoms with Crippen molar-refractivity contribution in [3.05, 3.63) is 126 Å². The van der Waals surface area contributed by atoms with Crippen molar-refractivity contribution in [3.63, 3.8) is 0 Å². The van der Waals surface area contributed by atoms with Crippen molar-refractivity contribution in [3.8, 4) is 5.75 Å². The van der Waals surface area contributed by atoms with Crippen LogP contribution >= 0.6 is 30.0 Å². The molecular formula is C51H68N3O7PS2Si2. The summed E-state index contributed by atoms with van der Waals surface area (Å²) < 4.78 is 26.9. The molecule has 2 heterocycles. The van der Waals surface area contributed by atoms with Gasteiger partial charge >= 0.3 is 5.97 Å². The summed E-state index contributed by atoms with van der Waals surface area (Å²) >= 11 is 2.83. The maximum atomic E-state index is 15.9. The summed E-state index contributed by atoms with van der Waals surface area (Å²) in [5.41, 5.74) is 2.68. The highest BCUT2D eigenvalue weighted by atomic mass is 32.2. The van der Waals surface area contributed by atoms with E-state index in [0.29, 0.717) is 5.75 Å². The fourth-order valence-corrected chi connectivity index (χ4v) is 16.4. The molecule has 6 rings (SSSR count). The molecule has 1 saturated heterocycles. The summed E-state index contributed by atoms with van der Waals surface area (Å²) in [6.45, 7) is 20.7. The zero-order chi connectivity index (χ0) is 48.1. The molecule has 15 heteroatoms. The van der Waals surface area contributed by atoms with Crippen LogP contribution in [0.15, 0.2) is 125 Å². The number of nitrogens with zero attached hydrogens (tertiary/aromatic N) is 3. The van der Waals surface area contributed by atoms with E-state index < -0.39 is 59.6 Å². The minimum Gasteiger partial charge on any atom is -0.497 e. The number of amides is 1. The van der Waals surface area contributed by atoms with E-state index in [2.05, 4.69) is 114 Å². The number of aliphatic hydroxyl groups is 1. The van der Waals surface area contributed by atoms with E-state index >= 15 is 9.59 Å². The Kier molecular flexibility index (Phi) is 16.6. The van der Waals surface area contributed by atoms with Crippen LogP contribution in [0.4, 0.5) is 0 Å². The first-order valence-electron chi connectivity index (χ1n) is 22.6. The van der Waals surface area contributed by atoms with Crippen LogP contribution in [-0.2, 0) is 29.8 Å². The van der Waals surface area contributed by atoms with Gasteiger partial charge in [0.1, 0.15) is 23.3 Å². The van der Waals surface area contributed by atoms with Gasteiger partial charge in [0.05, 0.1) is 31.3 Å². The number of methoxy groups -OCH3 is 1. The van der Waals surface area contributed by atoms with Crippen LogP contribution in [0.25, 0.3) is 0 Å². The van der Waals surface area contributed by atoms with Gasteiger partial charge in [0.2, 0.25) is 5.91 Å². The van der Waals surface area contributed by atoms with Gasteiger partial charge in [-0.1, -0.05) is 168 Å². The van der Waals surface area contributed by atoms with Crippen molar-refractivity contribution in [1.82, 2.24) is 15.1 Å². The number of aromatic nitrogens is 2. The number of carbonyl (C=O) groups excluding carboxylic acids is 2. The second-order valence-corrected chi connectivity index (χ2v) is 35.0. The molecule has 10 nitrogen and oxygen atoms in total. The Morgan fingerprint density at radius 3 is 1.79 bits per heavy atom. The summed E-state index contributed by atoms with van der Waals surface area (Å²) in [5.74, 6) is -1.33. The molecule has 0 aliphatic carbocycles. The van der Waals surface area contributed by atoms with Gasteiger partial charge in [0.15, 0.2) is 21.0 Å². The summed E-state index contributed by atoms with van der Waals surface area (Å²) in [4.78, 5) is 33.5. The fourth-order valence-electron chi connectivity index (χ4n) is 7.99. The lowest BCUT2D eigenvalue weighted by atomic mass is 9.74. The summed E-state index contributed by atoms with van der Waals surface area (Å²) in [5, 5.41) is 23.4. The Morgan fingerprint density at radius 1 is 0.818 bits per heavy atom. The smallest absolute Gasteiger partial charge is 0.356 e. The highest BCUT2D eigenvalue weighted by Gasteiger charge is 2.60. The van der Waals surface area contributed by atoms with Gasteiger partial charge < -0.3 is 28.3 Å². The number of rotatable bonds is 19. The Morgan fingerprint density at radius 2 is 1.33 bits per heavy atom. The normalized spacial score (nSPS) is 17.4. The maximum absolute atomic E-state index is 15.9. The summed E-state index contributed by atoms with van der Waals surface area (Å²) in [7, 11) is -3.29. The number of carbonyl (C=O) groups is 2. The molecule has 0 unspecified atom stereocenters. The van der Waals surface area contributed by atoms with Crippen molar-refractivity contribution in [2.75, 3.05) is 19.5 Å². The quantitative estimate of drug-likeness (QED) is 0.0282. The number of benzene rings is 4. The molecule has 1 fully saturated rings. The monoisotopic (exact) mass is 985 g/mol. The lowest BCUT2D eigenvalue weighted by Crippen LogP contribution is -2.73. The number of ether oxygens (including phenoxy) is 2. The topological polar surface area (TPSA) is 120 Å². The third kappa shape index (κ3) is 11.0. The zero-order valence-corrected chi connectivity index (χ0v) is 45.1. The molecule has 5 aromatic rings. The average molecular weight is 986 g/mol. The lowest BCUT2D eigenvalue weighted by molar-refractivity contribution is -0.164. The van der Waals surface area contributed by atoms with E-state index in [9.17, 15) is 5.11 Å². The minimum absolute atomic E-state index is 0.0509. The number of aliphatic hydroxyl groups excluding tert-OH is 1. The predicted octanol–water partition coefficient (Wildman–Crippen LogP) is 9.74. The first kappa shape index (κ1) is 51.5. The largest absolute Gasteiger partial charge is 0.497 e. The Hall–Kier alpha value is -3.86. The van der Waals surface area contributed by atoms with Crippen LogP contribution < -0.4 is 20.7 Å². The SMILES string of the molecule is COc1ccc(COC(=O)C(N2C(=O)[C@H]([C@@H](C)O[Si](C)(C)C(C)(C)C)[C@H]2[C@H](CO[Si](C)(C)C(C)(C)C)[C@H](O)CSc2nncs2)=P(c2ccccc2)(c2ccccc2)c2ccccc2)cc1. The minimum atomic E-state index is -3.32. The van der Waals surface area contributed by atoms with Crippen molar-refractivity contribution < 1.29 is 33.0 Å². The molecule has 1 aliphatic rings. The van der Waals surface area contributed by atoms with E-state index in [1.54, 1.807) is 17.5 Å². The molecule has 1 N–H and O–H groups in total. The molecule has 1 aliphatic heterocycles. The first-order valence-corrected chi connectivity index (χ1v) is 32.1. The van der Waals surface area contributed by atoms with Crippen LogP contribution in [-0.4, -0.2) is 91.9 Å². The molecule has 66 heavy (non-hydrogen) atoms. The summed E-state index contributed by atoms with van der Waals surface area (Å²) in [6.07, 6.45) is -1.56. The molecule has 0 spiro atoms. The number of esters is 1. The zero-order valence-electron chi connectivity index (χ0n) is 40.6. The second-order valence-electron chi connectivity index (χ2n) is 20.1.